The SMILES string of the molecule is CC/C(O)=C(F)\C(F)=C(\O)C(C)C. The number of allylic oxidation sites excluding steroid dienone is 4. The van der Waals surface area contributed by atoms with Crippen LogP contribution in [0.5, 0.6) is 0 Å². The fourth-order valence-electron chi connectivity index (χ4n) is 0.648. The third-order valence-electron chi connectivity index (χ3n) is 1.55. The Hall–Kier alpha value is -1.06. The molecule has 0 spiro atoms. The third kappa shape index (κ3) is 3.05. The van der Waals surface area contributed by atoms with Crippen LogP contribution in [-0.2, 0) is 0 Å². The van der Waals surface area contributed by atoms with Crippen LogP contribution < -0.4 is 0 Å². The first-order valence-corrected chi connectivity index (χ1v) is 4.08. The Morgan fingerprint density at radius 2 is 1.62 bits per heavy atom. The van der Waals surface area contributed by atoms with Gasteiger partial charge in [-0.25, -0.2) is 0 Å². The van der Waals surface area contributed by atoms with E-state index in [-0.39, 0.29) is 6.42 Å². The summed E-state index contributed by atoms with van der Waals surface area (Å²) in [5.74, 6) is -4.64. The van der Waals surface area contributed by atoms with Crippen molar-refractivity contribution in [3.05, 3.63) is 23.2 Å². The van der Waals surface area contributed by atoms with Crippen molar-refractivity contribution < 1.29 is 19.0 Å². The minimum Gasteiger partial charge on any atom is -0.509 e. The monoisotopic (exact) mass is 192 g/mol. The van der Waals surface area contributed by atoms with Crippen molar-refractivity contribution in [3.63, 3.8) is 0 Å². The molecule has 0 aliphatic carbocycles. The maximum absolute atomic E-state index is 12.9. The molecule has 0 aliphatic rings. The normalized spacial score (nSPS) is 15.5. The largest absolute Gasteiger partial charge is 0.509 e. The van der Waals surface area contributed by atoms with Crippen LogP contribution in [0.25, 0.3) is 0 Å². The molecular formula is C9H14F2O2. The summed E-state index contributed by atoms with van der Waals surface area (Å²) in [5, 5.41) is 17.9. The van der Waals surface area contributed by atoms with Gasteiger partial charge in [-0.15, -0.1) is 0 Å². The molecule has 0 fully saturated rings. The van der Waals surface area contributed by atoms with E-state index in [0.29, 0.717) is 0 Å². The average Bonchev–Trinajstić information content (AvgIpc) is 2.12. The van der Waals surface area contributed by atoms with Gasteiger partial charge >= 0.3 is 0 Å². The number of hydrogen-bond acceptors (Lipinski definition) is 2. The van der Waals surface area contributed by atoms with Gasteiger partial charge in [-0.1, -0.05) is 20.8 Å². The zero-order valence-electron chi connectivity index (χ0n) is 7.93. The van der Waals surface area contributed by atoms with E-state index >= 15 is 0 Å². The van der Waals surface area contributed by atoms with Gasteiger partial charge in [-0.3, -0.25) is 0 Å². The van der Waals surface area contributed by atoms with Crippen molar-refractivity contribution in [1.82, 2.24) is 0 Å². The fraction of sp³-hybridized carbons (Fsp3) is 0.556. The summed E-state index contributed by atoms with van der Waals surface area (Å²) >= 11 is 0. The second-order valence-electron chi connectivity index (χ2n) is 2.97. The van der Waals surface area contributed by atoms with E-state index in [9.17, 15) is 8.78 Å². The highest BCUT2D eigenvalue weighted by atomic mass is 19.2. The first kappa shape index (κ1) is 11.9. The van der Waals surface area contributed by atoms with E-state index in [1.54, 1.807) is 0 Å². The van der Waals surface area contributed by atoms with Crippen LogP contribution in [0.15, 0.2) is 23.2 Å². The molecule has 0 saturated carbocycles. The number of aliphatic hydroxyl groups excluding tert-OH is 2. The Morgan fingerprint density at radius 3 is 1.92 bits per heavy atom. The Bertz CT molecular complexity index is 242. The van der Waals surface area contributed by atoms with Gasteiger partial charge in [0.1, 0.15) is 11.5 Å². The summed E-state index contributed by atoms with van der Waals surface area (Å²) < 4.78 is 25.8. The molecule has 0 atom stereocenters. The van der Waals surface area contributed by atoms with Gasteiger partial charge in [-0.2, -0.15) is 8.78 Å². The van der Waals surface area contributed by atoms with Crippen molar-refractivity contribution in [2.45, 2.75) is 27.2 Å². The van der Waals surface area contributed by atoms with Crippen molar-refractivity contribution in [2.75, 3.05) is 0 Å². The minimum atomic E-state index is -1.38. The predicted molar refractivity (Wildman–Crippen MR) is 46.7 cm³/mol. The van der Waals surface area contributed by atoms with Crippen LogP contribution in [0, 0.1) is 5.92 Å². The van der Waals surface area contributed by atoms with E-state index < -0.39 is 29.1 Å². The molecule has 0 amide bonds. The zero-order valence-corrected chi connectivity index (χ0v) is 7.93. The molecule has 0 saturated heterocycles. The van der Waals surface area contributed by atoms with Crippen LogP contribution in [0.3, 0.4) is 0 Å². The van der Waals surface area contributed by atoms with Crippen LogP contribution in [0.4, 0.5) is 8.78 Å². The van der Waals surface area contributed by atoms with Gasteiger partial charge in [0.05, 0.1) is 0 Å². The fourth-order valence-corrected chi connectivity index (χ4v) is 0.648. The molecule has 4 heteroatoms. The highest BCUT2D eigenvalue weighted by molar-refractivity contribution is 5.24. The summed E-state index contributed by atoms with van der Waals surface area (Å²) in [6, 6.07) is 0. The molecule has 0 aromatic heterocycles. The Balaban J connectivity index is 4.99. The summed E-state index contributed by atoms with van der Waals surface area (Å²) in [4.78, 5) is 0. The van der Waals surface area contributed by atoms with Crippen LogP contribution in [0.1, 0.15) is 27.2 Å². The molecule has 0 aromatic rings. The lowest BCUT2D eigenvalue weighted by molar-refractivity contribution is 0.309. The Morgan fingerprint density at radius 1 is 1.15 bits per heavy atom. The highest BCUT2D eigenvalue weighted by Crippen LogP contribution is 2.24. The van der Waals surface area contributed by atoms with Crippen LogP contribution in [-0.4, -0.2) is 10.2 Å². The van der Waals surface area contributed by atoms with Crippen molar-refractivity contribution >= 4 is 0 Å². The molecule has 0 rings (SSSR count). The predicted octanol–water partition coefficient (Wildman–Crippen LogP) is 3.53. The summed E-state index contributed by atoms with van der Waals surface area (Å²) in [7, 11) is 0. The quantitative estimate of drug-likeness (QED) is 0.530. The van der Waals surface area contributed by atoms with E-state index in [4.69, 9.17) is 10.2 Å². The number of halogens is 2. The summed E-state index contributed by atoms with van der Waals surface area (Å²) in [5.41, 5.74) is 0. The molecule has 0 bridgehead atoms. The molecule has 2 N–H and O–H groups in total. The summed E-state index contributed by atoms with van der Waals surface area (Å²) in [6.45, 7) is 4.52. The lowest BCUT2D eigenvalue weighted by atomic mass is 10.1. The van der Waals surface area contributed by atoms with Crippen molar-refractivity contribution in [3.8, 4) is 0 Å². The number of hydrogen-bond donors (Lipinski definition) is 2. The molecule has 2 nitrogen and oxygen atoms in total. The van der Waals surface area contributed by atoms with Crippen molar-refractivity contribution in [1.29, 1.82) is 0 Å². The van der Waals surface area contributed by atoms with Gasteiger partial charge in [-0.05, 0) is 0 Å². The Labute approximate surface area is 76.2 Å². The maximum atomic E-state index is 12.9. The van der Waals surface area contributed by atoms with Gasteiger partial charge in [0.25, 0.3) is 0 Å². The number of aliphatic hydroxyl groups is 2. The zero-order chi connectivity index (χ0) is 10.6. The number of rotatable bonds is 3. The minimum absolute atomic E-state index is 0.00930. The topological polar surface area (TPSA) is 40.5 Å². The highest BCUT2D eigenvalue weighted by Gasteiger charge is 2.16. The van der Waals surface area contributed by atoms with Gasteiger partial charge < -0.3 is 10.2 Å². The summed E-state index contributed by atoms with van der Waals surface area (Å²) in [6.07, 6.45) is -0.00930. The molecule has 0 aliphatic heterocycles. The smallest absolute Gasteiger partial charge is 0.199 e. The van der Waals surface area contributed by atoms with Crippen molar-refractivity contribution in [2.24, 2.45) is 5.92 Å². The average molecular weight is 192 g/mol. The third-order valence-corrected chi connectivity index (χ3v) is 1.55. The Kier molecular flexibility index (Phi) is 4.45. The van der Waals surface area contributed by atoms with E-state index in [1.165, 1.54) is 20.8 Å². The standard InChI is InChI=1S/C9H14F2O2/c1-4-6(12)7(10)8(11)9(13)5(2)3/h5,12-13H,4H2,1-3H3/b7-6-,9-8-. The molecule has 0 heterocycles. The molecular weight excluding hydrogens is 178 g/mol. The molecule has 0 radical (unpaired) electrons. The van der Waals surface area contributed by atoms with E-state index in [1.807, 2.05) is 0 Å². The van der Waals surface area contributed by atoms with Gasteiger partial charge in [0, 0.05) is 12.3 Å². The lowest BCUT2D eigenvalue weighted by Gasteiger charge is -2.05. The lowest BCUT2D eigenvalue weighted by Crippen LogP contribution is -1.98. The molecule has 0 aromatic carbocycles. The van der Waals surface area contributed by atoms with Gasteiger partial charge in [0.2, 0.25) is 0 Å². The maximum Gasteiger partial charge on any atom is 0.199 e. The molecule has 0 unspecified atom stereocenters. The van der Waals surface area contributed by atoms with E-state index in [2.05, 4.69) is 0 Å². The molecule has 76 valence electrons. The van der Waals surface area contributed by atoms with Crippen LogP contribution >= 0.6 is 0 Å². The second kappa shape index (κ2) is 4.84. The molecule has 13 heavy (non-hydrogen) atoms. The van der Waals surface area contributed by atoms with Gasteiger partial charge in [0.15, 0.2) is 11.7 Å². The van der Waals surface area contributed by atoms with E-state index in [0.717, 1.165) is 0 Å². The van der Waals surface area contributed by atoms with Crippen LogP contribution in [0.2, 0.25) is 0 Å². The first-order chi connectivity index (χ1) is 5.91. The second-order valence-corrected chi connectivity index (χ2v) is 2.97. The first-order valence-electron chi connectivity index (χ1n) is 4.08.